The van der Waals surface area contributed by atoms with E-state index in [2.05, 4.69) is 15.9 Å². The fourth-order valence-electron chi connectivity index (χ4n) is 0.506. The Morgan fingerprint density at radius 1 is 1.67 bits per heavy atom. The van der Waals surface area contributed by atoms with Crippen LogP contribution in [0.5, 0.6) is 0 Å². The van der Waals surface area contributed by atoms with Crippen molar-refractivity contribution in [3.8, 4) is 0 Å². The van der Waals surface area contributed by atoms with Crippen molar-refractivity contribution >= 4 is 21.7 Å². The second-order valence-electron chi connectivity index (χ2n) is 1.77. The predicted molar refractivity (Wildman–Crippen MR) is 42.8 cm³/mol. The van der Waals surface area contributed by atoms with Gasteiger partial charge in [-0.25, -0.2) is 0 Å². The number of hydrogen-bond acceptors (Lipinski definition) is 1. The molecule has 1 nitrogen and oxygen atoms in total. The highest BCUT2D eigenvalue weighted by molar-refractivity contribution is 9.09. The standard InChI is InChI=1S/C7H11BrO/c1-2-4-7(9)5-3-6-8/h3,5H,2,4,6H2,1H3/b5-3+. The number of allylic oxidation sites excluding steroid dienone is 2. The summed E-state index contributed by atoms with van der Waals surface area (Å²) < 4.78 is 0. The lowest BCUT2D eigenvalue weighted by atomic mass is 10.2. The molecule has 0 atom stereocenters. The van der Waals surface area contributed by atoms with E-state index in [0.29, 0.717) is 6.42 Å². The predicted octanol–water partition coefficient (Wildman–Crippen LogP) is 2.31. The normalized spacial score (nSPS) is 10.4. The molecule has 0 saturated carbocycles. The Bertz CT molecular complexity index is 107. The van der Waals surface area contributed by atoms with Crippen molar-refractivity contribution in [1.29, 1.82) is 0 Å². The third kappa shape index (κ3) is 5.77. The van der Waals surface area contributed by atoms with Gasteiger partial charge in [-0.05, 0) is 12.5 Å². The van der Waals surface area contributed by atoms with Gasteiger partial charge in [0.05, 0.1) is 0 Å². The van der Waals surface area contributed by atoms with Crippen LogP contribution in [0, 0.1) is 0 Å². The van der Waals surface area contributed by atoms with Gasteiger partial charge in [0.2, 0.25) is 0 Å². The van der Waals surface area contributed by atoms with Crippen molar-refractivity contribution in [3.05, 3.63) is 12.2 Å². The van der Waals surface area contributed by atoms with Crippen molar-refractivity contribution in [3.63, 3.8) is 0 Å². The highest BCUT2D eigenvalue weighted by atomic mass is 79.9. The molecule has 0 bridgehead atoms. The van der Waals surface area contributed by atoms with Crippen LogP contribution in [-0.4, -0.2) is 11.1 Å². The first-order valence-electron chi connectivity index (χ1n) is 3.06. The van der Waals surface area contributed by atoms with Crippen molar-refractivity contribution in [1.82, 2.24) is 0 Å². The molecule has 0 rings (SSSR count). The summed E-state index contributed by atoms with van der Waals surface area (Å²) in [6.07, 6.45) is 5.05. The van der Waals surface area contributed by atoms with E-state index in [9.17, 15) is 4.79 Å². The Kier molecular flexibility index (Phi) is 5.94. The van der Waals surface area contributed by atoms with Gasteiger partial charge in [0.25, 0.3) is 0 Å². The van der Waals surface area contributed by atoms with Crippen LogP contribution in [0.4, 0.5) is 0 Å². The Morgan fingerprint density at radius 3 is 2.78 bits per heavy atom. The molecule has 0 aromatic carbocycles. The van der Waals surface area contributed by atoms with Crippen LogP contribution in [0.25, 0.3) is 0 Å². The summed E-state index contributed by atoms with van der Waals surface area (Å²) >= 11 is 3.19. The number of halogens is 1. The maximum Gasteiger partial charge on any atom is 0.155 e. The smallest absolute Gasteiger partial charge is 0.155 e. The van der Waals surface area contributed by atoms with E-state index >= 15 is 0 Å². The summed E-state index contributed by atoms with van der Waals surface area (Å²) in [5.41, 5.74) is 0. The first-order valence-corrected chi connectivity index (χ1v) is 4.18. The van der Waals surface area contributed by atoms with Gasteiger partial charge in [-0.1, -0.05) is 28.9 Å². The zero-order valence-corrected chi connectivity index (χ0v) is 7.15. The fourth-order valence-corrected chi connectivity index (χ4v) is 0.693. The topological polar surface area (TPSA) is 17.1 Å². The monoisotopic (exact) mass is 190 g/mol. The lowest BCUT2D eigenvalue weighted by molar-refractivity contribution is -0.114. The van der Waals surface area contributed by atoms with Crippen molar-refractivity contribution < 1.29 is 4.79 Å². The summed E-state index contributed by atoms with van der Waals surface area (Å²) in [6, 6.07) is 0. The van der Waals surface area contributed by atoms with E-state index in [1.807, 2.05) is 13.0 Å². The van der Waals surface area contributed by atoms with Crippen LogP contribution in [0.3, 0.4) is 0 Å². The third-order valence-electron chi connectivity index (χ3n) is 0.889. The molecule has 9 heavy (non-hydrogen) atoms. The molecule has 0 unspecified atom stereocenters. The molecule has 0 N–H and O–H groups in total. The molecule has 0 aliphatic carbocycles. The molecule has 0 spiro atoms. The highest BCUT2D eigenvalue weighted by Gasteiger charge is 1.90. The van der Waals surface area contributed by atoms with E-state index in [1.54, 1.807) is 6.08 Å². The molecule has 0 aromatic heterocycles. The van der Waals surface area contributed by atoms with Gasteiger partial charge in [0.1, 0.15) is 0 Å². The first-order chi connectivity index (χ1) is 4.31. The summed E-state index contributed by atoms with van der Waals surface area (Å²) in [5.74, 6) is 0.219. The summed E-state index contributed by atoms with van der Waals surface area (Å²) in [5, 5.41) is 0.766. The maximum atomic E-state index is 10.7. The van der Waals surface area contributed by atoms with E-state index < -0.39 is 0 Å². The minimum Gasteiger partial charge on any atom is -0.295 e. The Balaban J connectivity index is 3.37. The number of ketones is 1. The van der Waals surface area contributed by atoms with Crippen LogP contribution < -0.4 is 0 Å². The molecule has 0 radical (unpaired) electrons. The number of rotatable bonds is 4. The fraction of sp³-hybridized carbons (Fsp3) is 0.571. The average Bonchev–Trinajstić information content (AvgIpc) is 1.85. The highest BCUT2D eigenvalue weighted by Crippen LogP contribution is 1.91. The van der Waals surface area contributed by atoms with Gasteiger partial charge in [-0.3, -0.25) is 4.79 Å². The number of hydrogen-bond donors (Lipinski definition) is 0. The van der Waals surface area contributed by atoms with Crippen LogP contribution in [0.2, 0.25) is 0 Å². The second-order valence-corrected chi connectivity index (χ2v) is 2.42. The number of carbonyl (C=O) groups excluding carboxylic acids is 1. The molecule has 0 aliphatic heterocycles. The molecule has 0 amide bonds. The summed E-state index contributed by atoms with van der Waals surface area (Å²) in [4.78, 5) is 10.7. The zero-order valence-electron chi connectivity index (χ0n) is 5.56. The molecule has 0 fully saturated rings. The summed E-state index contributed by atoms with van der Waals surface area (Å²) in [6.45, 7) is 2.00. The molecular formula is C7H11BrO. The first kappa shape index (κ1) is 8.89. The lowest BCUT2D eigenvalue weighted by Crippen LogP contribution is -1.89. The van der Waals surface area contributed by atoms with Crippen LogP contribution >= 0.6 is 15.9 Å². The van der Waals surface area contributed by atoms with Crippen molar-refractivity contribution in [2.24, 2.45) is 0 Å². The molecule has 0 saturated heterocycles. The quantitative estimate of drug-likeness (QED) is 0.492. The molecule has 2 heteroatoms. The minimum absolute atomic E-state index is 0.219. The largest absolute Gasteiger partial charge is 0.295 e. The number of carbonyl (C=O) groups is 1. The van der Waals surface area contributed by atoms with Gasteiger partial charge in [-0.2, -0.15) is 0 Å². The van der Waals surface area contributed by atoms with Gasteiger partial charge in [0, 0.05) is 11.8 Å². The molecule has 0 aromatic rings. The molecule has 0 aliphatic rings. The van der Waals surface area contributed by atoms with Crippen molar-refractivity contribution in [2.75, 3.05) is 5.33 Å². The van der Waals surface area contributed by atoms with Gasteiger partial charge >= 0.3 is 0 Å². The minimum atomic E-state index is 0.219. The van der Waals surface area contributed by atoms with E-state index in [0.717, 1.165) is 11.8 Å². The SMILES string of the molecule is CCCC(=O)/C=C/CBr. The lowest BCUT2D eigenvalue weighted by Gasteiger charge is -1.85. The Labute approximate surface area is 64.3 Å². The van der Waals surface area contributed by atoms with Gasteiger partial charge < -0.3 is 0 Å². The molecule has 52 valence electrons. The van der Waals surface area contributed by atoms with Crippen molar-refractivity contribution in [2.45, 2.75) is 19.8 Å². The summed E-state index contributed by atoms with van der Waals surface area (Å²) in [7, 11) is 0. The van der Waals surface area contributed by atoms with Gasteiger partial charge in [-0.15, -0.1) is 0 Å². The Morgan fingerprint density at radius 2 is 2.33 bits per heavy atom. The average molecular weight is 191 g/mol. The van der Waals surface area contributed by atoms with Crippen LogP contribution in [0.1, 0.15) is 19.8 Å². The van der Waals surface area contributed by atoms with Gasteiger partial charge in [0.15, 0.2) is 5.78 Å². The van der Waals surface area contributed by atoms with E-state index in [1.165, 1.54) is 0 Å². The third-order valence-corrected chi connectivity index (χ3v) is 1.26. The van der Waals surface area contributed by atoms with E-state index in [4.69, 9.17) is 0 Å². The van der Waals surface area contributed by atoms with E-state index in [-0.39, 0.29) is 5.78 Å². The molecule has 0 heterocycles. The zero-order chi connectivity index (χ0) is 7.11. The Hall–Kier alpha value is -0.110. The second kappa shape index (κ2) is 6.02. The van der Waals surface area contributed by atoms with Crippen LogP contribution in [0.15, 0.2) is 12.2 Å². The number of alkyl halides is 1. The molecular weight excluding hydrogens is 180 g/mol. The maximum absolute atomic E-state index is 10.7. The van der Waals surface area contributed by atoms with Crippen LogP contribution in [-0.2, 0) is 4.79 Å².